The smallest absolute Gasteiger partial charge is 0.227 e. The fourth-order valence-corrected chi connectivity index (χ4v) is 2.96. The van der Waals surface area contributed by atoms with Gasteiger partial charge in [-0.2, -0.15) is 0 Å². The van der Waals surface area contributed by atoms with Gasteiger partial charge in [0, 0.05) is 32.2 Å². The second-order valence-corrected chi connectivity index (χ2v) is 6.32. The number of carbonyl (C=O) groups excluding carboxylic acids is 1. The summed E-state index contributed by atoms with van der Waals surface area (Å²) in [5, 5.41) is 2.91. The van der Waals surface area contributed by atoms with Crippen molar-refractivity contribution in [2.75, 3.05) is 36.5 Å². The molecule has 1 amide bonds. The molecule has 0 saturated carbocycles. The number of hydrogen-bond donors (Lipinski definition) is 1. The first-order chi connectivity index (χ1) is 10.7. The van der Waals surface area contributed by atoms with Gasteiger partial charge >= 0.3 is 0 Å². The minimum absolute atomic E-state index is 0.0389. The van der Waals surface area contributed by atoms with Crippen molar-refractivity contribution in [3.8, 4) is 0 Å². The molecule has 1 aromatic rings. The quantitative estimate of drug-likeness (QED) is 0.926. The van der Waals surface area contributed by atoms with Crippen molar-refractivity contribution in [2.45, 2.75) is 32.6 Å². The van der Waals surface area contributed by atoms with Gasteiger partial charge in [-0.05, 0) is 31.6 Å². The minimum Gasteiger partial charge on any atom is -0.381 e. The van der Waals surface area contributed by atoms with E-state index < -0.39 is 0 Å². The van der Waals surface area contributed by atoms with Crippen LogP contribution in [0.4, 0.5) is 11.6 Å². The molecule has 120 valence electrons. The standard InChI is InChI=1S/C16H24N4O2/c1-12-2-6-20(7-3-12)16-17-10-14(11-18-16)19-15(21)13-4-8-22-9-5-13/h10-13H,2-9H2,1H3,(H,19,21). The highest BCUT2D eigenvalue weighted by Gasteiger charge is 2.22. The van der Waals surface area contributed by atoms with Crippen LogP contribution in [0.3, 0.4) is 0 Å². The lowest BCUT2D eigenvalue weighted by Crippen LogP contribution is -2.34. The van der Waals surface area contributed by atoms with Crippen molar-refractivity contribution < 1.29 is 9.53 Å². The first-order valence-electron chi connectivity index (χ1n) is 8.18. The summed E-state index contributed by atoms with van der Waals surface area (Å²) in [7, 11) is 0. The molecule has 3 rings (SSSR count). The molecule has 2 aliphatic heterocycles. The van der Waals surface area contributed by atoms with Crippen LogP contribution in [0.15, 0.2) is 12.4 Å². The first-order valence-corrected chi connectivity index (χ1v) is 8.18. The van der Waals surface area contributed by atoms with E-state index in [1.54, 1.807) is 12.4 Å². The molecule has 22 heavy (non-hydrogen) atoms. The third-order valence-corrected chi connectivity index (χ3v) is 4.56. The Bertz CT molecular complexity index is 491. The van der Waals surface area contributed by atoms with Gasteiger partial charge in [0.05, 0.1) is 18.1 Å². The topological polar surface area (TPSA) is 67.4 Å². The molecule has 1 N–H and O–H groups in total. The molecule has 0 aromatic carbocycles. The Morgan fingerprint density at radius 3 is 2.45 bits per heavy atom. The molecule has 2 aliphatic rings. The fourth-order valence-electron chi connectivity index (χ4n) is 2.96. The first kappa shape index (κ1) is 15.2. The number of aromatic nitrogens is 2. The number of nitrogens with zero attached hydrogens (tertiary/aromatic N) is 3. The second-order valence-electron chi connectivity index (χ2n) is 6.32. The number of piperidine rings is 1. The van der Waals surface area contributed by atoms with Gasteiger partial charge in [-0.3, -0.25) is 4.79 Å². The molecule has 3 heterocycles. The number of nitrogens with one attached hydrogen (secondary N) is 1. The van der Waals surface area contributed by atoms with Gasteiger partial charge in [0.1, 0.15) is 0 Å². The van der Waals surface area contributed by atoms with Crippen LogP contribution in [-0.4, -0.2) is 42.2 Å². The van der Waals surface area contributed by atoms with E-state index in [-0.39, 0.29) is 11.8 Å². The van der Waals surface area contributed by atoms with E-state index in [4.69, 9.17) is 4.74 Å². The van der Waals surface area contributed by atoms with Gasteiger partial charge in [-0.25, -0.2) is 9.97 Å². The van der Waals surface area contributed by atoms with Gasteiger partial charge in [-0.15, -0.1) is 0 Å². The van der Waals surface area contributed by atoms with Crippen molar-refractivity contribution in [3.63, 3.8) is 0 Å². The average Bonchev–Trinajstić information content (AvgIpc) is 2.57. The molecular formula is C16H24N4O2. The number of carbonyl (C=O) groups is 1. The maximum absolute atomic E-state index is 12.2. The highest BCUT2D eigenvalue weighted by molar-refractivity contribution is 5.92. The molecule has 0 bridgehead atoms. The normalized spacial score (nSPS) is 20.9. The lowest BCUT2D eigenvalue weighted by molar-refractivity contribution is -0.122. The zero-order valence-corrected chi connectivity index (χ0v) is 13.1. The van der Waals surface area contributed by atoms with Crippen LogP contribution in [0.1, 0.15) is 32.6 Å². The largest absolute Gasteiger partial charge is 0.381 e. The Morgan fingerprint density at radius 1 is 1.18 bits per heavy atom. The second kappa shape index (κ2) is 7.05. The average molecular weight is 304 g/mol. The monoisotopic (exact) mass is 304 g/mol. The number of hydrogen-bond acceptors (Lipinski definition) is 5. The maximum atomic E-state index is 12.2. The van der Waals surface area contributed by atoms with Crippen LogP contribution < -0.4 is 10.2 Å². The van der Waals surface area contributed by atoms with Crippen LogP contribution in [0.25, 0.3) is 0 Å². The van der Waals surface area contributed by atoms with E-state index in [9.17, 15) is 4.79 Å². The van der Waals surface area contributed by atoms with Crippen LogP contribution in [0.5, 0.6) is 0 Å². The Labute approximate surface area is 131 Å². The summed E-state index contributed by atoms with van der Waals surface area (Å²) in [4.78, 5) is 23.2. The molecule has 0 atom stereocenters. The predicted molar refractivity (Wildman–Crippen MR) is 84.8 cm³/mol. The number of anilines is 2. The molecule has 6 nitrogen and oxygen atoms in total. The Kier molecular flexibility index (Phi) is 4.87. The molecule has 0 spiro atoms. The molecule has 6 heteroatoms. The zero-order valence-electron chi connectivity index (χ0n) is 13.1. The molecular weight excluding hydrogens is 280 g/mol. The Morgan fingerprint density at radius 2 is 1.82 bits per heavy atom. The Hall–Kier alpha value is -1.69. The van der Waals surface area contributed by atoms with E-state index in [0.717, 1.165) is 37.8 Å². The van der Waals surface area contributed by atoms with Crippen LogP contribution >= 0.6 is 0 Å². The lowest BCUT2D eigenvalue weighted by atomic mass is 9.99. The van der Waals surface area contributed by atoms with Crippen molar-refractivity contribution in [3.05, 3.63) is 12.4 Å². The van der Waals surface area contributed by atoms with Crippen molar-refractivity contribution in [1.82, 2.24) is 9.97 Å². The summed E-state index contributed by atoms with van der Waals surface area (Å²) in [5.41, 5.74) is 0.672. The van der Waals surface area contributed by atoms with Crippen molar-refractivity contribution in [2.24, 2.45) is 11.8 Å². The molecule has 0 unspecified atom stereocenters. The van der Waals surface area contributed by atoms with E-state index in [2.05, 4.69) is 27.1 Å². The maximum Gasteiger partial charge on any atom is 0.227 e. The summed E-state index contributed by atoms with van der Waals surface area (Å²) < 4.78 is 5.28. The molecule has 1 aromatic heterocycles. The molecule has 2 saturated heterocycles. The van der Waals surface area contributed by atoms with E-state index in [1.807, 2.05) is 0 Å². The molecule has 0 aliphatic carbocycles. The number of rotatable bonds is 3. The third kappa shape index (κ3) is 3.74. The van der Waals surface area contributed by atoms with Gasteiger partial charge in [0.25, 0.3) is 0 Å². The summed E-state index contributed by atoms with van der Waals surface area (Å²) in [6.45, 7) is 5.64. The SMILES string of the molecule is CC1CCN(c2ncc(NC(=O)C3CCOCC3)cn2)CC1. The van der Waals surface area contributed by atoms with E-state index in [0.29, 0.717) is 18.9 Å². The van der Waals surface area contributed by atoms with Gasteiger partial charge < -0.3 is 15.0 Å². The fraction of sp³-hybridized carbons (Fsp3) is 0.688. The molecule has 0 radical (unpaired) electrons. The lowest BCUT2D eigenvalue weighted by Gasteiger charge is -2.30. The zero-order chi connectivity index (χ0) is 15.4. The summed E-state index contributed by atoms with van der Waals surface area (Å²) >= 11 is 0. The van der Waals surface area contributed by atoms with Gasteiger partial charge in [0.2, 0.25) is 11.9 Å². The van der Waals surface area contributed by atoms with E-state index >= 15 is 0 Å². The predicted octanol–water partition coefficient (Wildman–Crippen LogP) is 2.08. The molecule has 2 fully saturated rings. The minimum atomic E-state index is 0.0389. The highest BCUT2D eigenvalue weighted by Crippen LogP contribution is 2.21. The van der Waals surface area contributed by atoms with Crippen LogP contribution in [0.2, 0.25) is 0 Å². The third-order valence-electron chi connectivity index (χ3n) is 4.56. The highest BCUT2D eigenvalue weighted by atomic mass is 16.5. The Balaban J connectivity index is 1.56. The van der Waals surface area contributed by atoms with Gasteiger partial charge in [0.15, 0.2) is 0 Å². The number of amides is 1. The summed E-state index contributed by atoms with van der Waals surface area (Å²) in [5.74, 6) is 1.63. The van der Waals surface area contributed by atoms with Crippen LogP contribution in [0, 0.1) is 11.8 Å². The summed E-state index contributed by atoms with van der Waals surface area (Å²) in [6, 6.07) is 0. The van der Waals surface area contributed by atoms with Crippen molar-refractivity contribution >= 4 is 17.5 Å². The van der Waals surface area contributed by atoms with Gasteiger partial charge in [-0.1, -0.05) is 6.92 Å². The van der Waals surface area contributed by atoms with Crippen molar-refractivity contribution in [1.29, 1.82) is 0 Å². The van der Waals surface area contributed by atoms with E-state index in [1.165, 1.54) is 12.8 Å². The van der Waals surface area contributed by atoms with Crippen LogP contribution in [-0.2, 0) is 9.53 Å². The number of ether oxygens (including phenoxy) is 1. The summed E-state index contributed by atoms with van der Waals surface area (Å²) in [6.07, 6.45) is 7.36.